The van der Waals surface area contributed by atoms with E-state index in [0.29, 0.717) is 10.6 Å². The Bertz CT molecular complexity index is 424. The van der Waals surface area contributed by atoms with Crippen molar-refractivity contribution in [2.75, 3.05) is 0 Å². The first kappa shape index (κ1) is 14.2. The monoisotopic (exact) mass is 274 g/mol. The quantitative estimate of drug-likeness (QED) is 0.259. The molecule has 0 amide bonds. The number of amidine groups is 1. The molecule has 1 aromatic rings. The van der Waals surface area contributed by atoms with Gasteiger partial charge in [0.25, 0.3) is 0 Å². The average molecular weight is 275 g/mol. The molecule has 6 heteroatoms. The Morgan fingerprint density at radius 3 is 2.59 bits per heavy atom. The van der Waals surface area contributed by atoms with Crippen LogP contribution in [0.3, 0.4) is 0 Å². The van der Waals surface area contributed by atoms with Crippen LogP contribution in [-0.2, 0) is 0 Å². The van der Waals surface area contributed by atoms with Crippen molar-refractivity contribution in [1.29, 1.82) is 0 Å². The number of hydrogen-bond acceptors (Lipinski definition) is 4. The van der Waals surface area contributed by atoms with Crippen molar-refractivity contribution in [3.05, 3.63) is 28.8 Å². The zero-order valence-corrected chi connectivity index (χ0v) is 11.2. The number of rotatable bonds is 4. The zero-order valence-electron chi connectivity index (χ0n) is 9.59. The maximum Gasteiger partial charge on any atom is 0.170 e. The van der Waals surface area contributed by atoms with E-state index < -0.39 is 6.10 Å². The summed E-state index contributed by atoms with van der Waals surface area (Å²) in [5, 5.41) is 21.4. The minimum atomic E-state index is -0.417. The van der Waals surface area contributed by atoms with E-state index in [2.05, 4.69) is 5.16 Å². The molecule has 0 heterocycles. The summed E-state index contributed by atoms with van der Waals surface area (Å²) in [4.78, 5) is 0.856. The molecule has 94 valence electrons. The standard InChI is InChI=1S/C11H15ClN2O2S/c1-6(15)7(2)17-10-4-3-8(5-9(10)12)11(13)14-16/h3-7,15-16H,1-2H3,(H2,13,14). The molecule has 0 aliphatic carbocycles. The molecule has 2 unspecified atom stereocenters. The summed E-state index contributed by atoms with van der Waals surface area (Å²) in [5.74, 6) is 0.0204. The van der Waals surface area contributed by atoms with E-state index >= 15 is 0 Å². The summed E-state index contributed by atoms with van der Waals surface area (Å²) in [6.07, 6.45) is -0.417. The molecule has 0 aliphatic heterocycles. The maximum absolute atomic E-state index is 9.42. The number of benzene rings is 1. The highest BCUT2D eigenvalue weighted by atomic mass is 35.5. The molecule has 0 saturated heterocycles. The van der Waals surface area contributed by atoms with Crippen LogP contribution < -0.4 is 5.73 Å². The number of aliphatic hydroxyl groups excluding tert-OH is 1. The van der Waals surface area contributed by atoms with Crippen LogP contribution in [0.15, 0.2) is 28.3 Å². The molecule has 4 nitrogen and oxygen atoms in total. The highest BCUT2D eigenvalue weighted by Crippen LogP contribution is 2.32. The normalized spacial score (nSPS) is 15.6. The second kappa shape index (κ2) is 6.14. The second-order valence-corrected chi connectivity index (χ2v) is 5.52. The summed E-state index contributed by atoms with van der Waals surface area (Å²) in [5.41, 5.74) is 6.02. The van der Waals surface area contributed by atoms with Gasteiger partial charge >= 0.3 is 0 Å². The van der Waals surface area contributed by atoms with Gasteiger partial charge in [-0.05, 0) is 25.1 Å². The number of aliphatic hydroxyl groups is 1. The van der Waals surface area contributed by atoms with Gasteiger partial charge in [0, 0.05) is 15.7 Å². The minimum Gasteiger partial charge on any atom is -0.409 e. The van der Waals surface area contributed by atoms with Gasteiger partial charge in [0.2, 0.25) is 0 Å². The van der Waals surface area contributed by atoms with E-state index in [0.717, 1.165) is 4.90 Å². The van der Waals surface area contributed by atoms with E-state index in [1.165, 1.54) is 11.8 Å². The maximum atomic E-state index is 9.42. The highest BCUT2D eigenvalue weighted by Gasteiger charge is 2.13. The Morgan fingerprint density at radius 2 is 2.12 bits per heavy atom. The molecule has 2 atom stereocenters. The molecule has 0 spiro atoms. The van der Waals surface area contributed by atoms with Crippen molar-refractivity contribution in [3.63, 3.8) is 0 Å². The molecule has 0 aliphatic rings. The summed E-state index contributed by atoms with van der Waals surface area (Å²) < 4.78 is 0. The third-order valence-electron chi connectivity index (χ3n) is 2.33. The van der Waals surface area contributed by atoms with Crippen LogP contribution in [0, 0.1) is 0 Å². The number of nitrogens with zero attached hydrogens (tertiary/aromatic N) is 1. The SMILES string of the molecule is CC(O)C(C)Sc1ccc(/C(N)=N/O)cc1Cl. The summed E-state index contributed by atoms with van der Waals surface area (Å²) in [7, 11) is 0. The molecule has 0 bridgehead atoms. The second-order valence-electron chi connectivity index (χ2n) is 3.69. The van der Waals surface area contributed by atoms with Crippen LogP contribution in [0.1, 0.15) is 19.4 Å². The van der Waals surface area contributed by atoms with Crippen molar-refractivity contribution in [2.24, 2.45) is 10.9 Å². The van der Waals surface area contributed by atoms with Crippen LogP contribution in [-0.4, -0.2) is 27.5 Å². The predicted molar refractivity (Wildman–Crippen MR) is 71.0 cm³/mol. The van der Waals surface area contributed by atoms with Gasteiger partial charge in [-0.25, -0.2) is 0 Å². The van der Waals surface area contributed by atoms with Gasteiger partial charge < -0.3 is 16.0 Å². The van der Waals surface area contributed by atoms with E-state index in [9.17, 15) is 5.11 Å². The summed E-state index contributed by atoms with van der Waals surface area (Å²) in [6, 6.07) is 5.14. The molecule has 0 radical (unpaired) electrons. The molecule has 0 saturated carbocycles. The van der Waals surface area contributed by atoms with Crippen molar-refractivity contribution in [1.82, 2.24) is 0 Å². The van der Waals surface area contributed by atoms with Gasteiger partial charge in [-0.1, -0.05) is 23.7 Å². The van der Waals surface area contributed by atoms with E-state index in [1.54, 1.807) is 25.1 Å². The van der Waals surface area contributed by atoms with E-state index in [-0.39, 0.29) is 11.1 Å². The number of hydrogen-bond donors (Lipinski definition) is 3. The largest absolute Gasteiger partial charge is 0.409 e. The van der Waals surface area contributed by atoms with Gasteiger partial charge in [0.05, 0.1) is 11.1 Å². The Balaban J connectivity index is 2.91. The van der Waals surface area contributed by atoms with Gasteiger partial charge in [-0.15, -0.1) is 11.8 Å². The van der Waals surface area contributed by atoms with Crippen LogP contribution in [0.2, 0.25) is 5.02 Å². The van der Waals surface area contributed by atoms with E-state index in [4.69, 9.17) is 22.5 Å². The minimum absolute atomic E-state index is 0.0204. The van der Waals surface area contributed by atoms with Crippen molar-refractivity contribution < 1.29 is 10.3 Å². The molecule has 17 heavy (non-hydrogen) atoms. The first-order valence-corrected chi connectivity index (χ1v) is 6.33. The topological polar surface area (TPSA) is 78.8 Å². The number of nitrogens with two attached hydrogens (primary N) is 1. The van der Waals surface area contributed by atoms with Crippen LogP contribution in [0.25, 0.3) is 0 Å². The molecule has 0 aromatic heterocycles. The smallest absolute Gasteiger partial charge is 0.170 e. The average Bonchev–Trinajstić information content (AvgIpc) is 2.30. The van der Waals surface area contributed by atoms with Gasteiger partial charge in [0.15, 0.2) is 5.84 Å². The predicted octanol–water partition coefficient (Wildman–Crippen LogP) is 2.30. The lowest BCUT2D eigenvalue weighted by molar-refractivity contribution is 0.196. The van der Waals surface area contributed by atoms with Gasteiger partial charge in [-0.3, -0.25) is 0 Å². The van der Waals surface area contributed by atoms with Crippen LogP contribution in [0.4, 0.5) is 0 Å². The lowest BCUT2D eigenvalue weighted by Gasteiger charge is -2.15. The zero-order chi connectivity index (χ0) is 13.0. The van der Waals surface area contributed by atoms with Gasteiger partial charge in [0.1, 0.15) is 0 Å². The lowest BCUT2D eigenvalue weighted by atomic mass is 10.2. The Morgan fingerprint density at radius 1 is 1.47 bits per heavy atom. The lowest BCUT2D eigenvalue weighted by Crippen LogP contribution is -2.15. The van der Waals surface area contributed by atoms with Gasteiger partial charge in [-0.2, -0.15) is 0 Å². The fraction of sp³-hybridized carbons (Fsp3) is 0.364. The number of halogens is 1. The molecule has 4 N–H and O–H groups in total. The van der Waals surface area contributed by atoms with Crippen LogP contribution in [0.5, 0.6) is 0 Å². The first-order chi connectivity index (χ1) is 7.95. The fourth-order valence-electron chi connectivity index (χ4n) is 1.11. The van der Waals surface area contributed by atoms with Crippen molar-refractivity contribution >= 4 is 29.2 Å². The molecular weight excluding hydrogens is 260 g/mol. The number of thioether (sulfide) groups is 1. The third-order valence-corrected chi connectivity index (χ3v) is 4.13. The molecule has 1 aromatic carbocycles. The van der Waals surface area contributed by atoms with Crippen molar-refractivity contribution in [3.8, 4) is 0 Å². The molecule has 1 rings (SSSR count). The molecular formula is C11H15ClN2O2S. The van der Waals surface area contributed by atoms with E-state index in [1.807, 2.05) is 6.92 Å². The fourth-order valence-corrected chi connectivity index (χ4v) is 2.34. The first-order valence-electron chi connectivity index (χ1n) is 5.08. The Hall–Kier alpha value is -0.910. The Kier molecular flexibility index (Phi) is 5.11. The highest BCUT2D eigenvalue weighted by molar-refractivity contribution is 8.00. The third kappa shape index (κ3) is 3.80. The summed E-state index contributed by atoms with van der Waals surface area (Å²) >= 11 is 7.57. The number of oxime groups is 1. The van der Waals surface area contributed by atoms with Crippen LogP contribution >= 0.6 is 23.4 Å². The Labute approximate surface area is 109 Å². The van der Waals surface area contributed by atoms with Crippen molar-refractivity contribution in [2.45, 2.75) is 30.1 Å². The molecule has 0 fully saturated rings. The summed E-state index contributed by atoms with van der Waals surface area (Å²) in [6.45, 7) is 3.65.